The second-order valence-corrected chi connectivity index (χ2v) is 9.00. The van der Waals surface area contributed by atoms with Crippen molar-refractivity contribution in [3.05, 3.63) is 12.2 Å². The van der Waals surface area contributed by atoms with Crippen LogP contribution < -0.4 is 5.32 Å². The van der Waals surface area contributed by atoms with Gasteiger partial charge in [-0.2, -0.15) is 0 Å². The smallest absolute Gasteiger partial charge is 0.407 e. The van der Waals surface area contributed by atoms with Gasteiger partial charge in [-0.3, -0.25) is 9.59 Å². The highest BCUT2D eigenvalue weighted by Gasteiger charge is 2.22. The van der Waals surface area contributed by atoms with E-state index in [9.17, 15) is 14.4 Å². The number of carbonyl (C=O) groups excluding carboxylic acids is 3. The van der Waals surface area contributed by atoms with E-state index >= 15 is 0 Å². The molecule has 0 unspecified atom stereocenters. The average molecular weight is 408 g/mol. The van der Waals surface area contributed by atoms with Crippen LogP contribution in [0, 0.1) is 5.92 Å². The van der Waals surface area contributed by atoms with Crippen molar-refractivity contribution in [2.24, 2.45) is 5.92 Å². The maximum atomic E-state index is 12.5. The first-order chi connectivity index (χ1) is 13.7. The van der Waals surface area contributed by atoms with E-state index in [1.807, 2.05) is 4.90 Å². The second-order valence-electron chi connectivity index (χ2n) is 9.00. The fraction of sp³-hybridized carbons (Fsp3) is 0.773. The summed E-state index contributed by atoms with van der Waals surface area (Å²) in [6.07, 6.45) is 10.5. The molecule has 2 aliphatic rings. The molecule has 0 radical (unpaired) electrons. The second kappa shape index (κ2) is 11.2. The van der Waals surface area contributed by atoms with Crippen molar-refractivity contribution in [1.29, 1.82) is 0 Å². The summed E-state index contributed by atoms with van der Waals surface area (Å²) in [5.41, 5.74) is -0.555. The molecular weight excluding hydrogens is 370 g/mol. The summed E-state index contributed by atoms with van der Waals surface area (Å²) in [7, 11) is 0. The van der Waals surface area contributed by atoms with Gasteiger partial charge in [-0.1, -0.05) is 25.3 Å². The molecule has 7 nitrogen and oxygen atoms in total. The number of amides is 3. The first-order valence-electron chi connectivity index (χ1n) is 11.0. The molecule has 2 fully saturated rings. The minimum Gasteiger partial charge on any atom is -0.444 e. The molecule has 164 valence electrons. The van der Waals surface area contributed by atoms with Crippen LogP contribution in [0.3, 0.4) is 0 Å². The molecule has 0 aromatic heterocycles. The largest absolute Gasteiger partial charge is 0.444 e. The zero-order valence-electron chi connectivity index (χ0n) is 18.2. The van der Waals surface area contributed by atoms with Gasteiger partial charge in [0.25, 0.3) is 0 Å². The summed E-state index contributed by atoms with van der Waals surface area (Å²) in [5, 5.41) is 2.62. The zero-order chi connectivity index (χ0) is 21.3. The van der Waals surface area contributed by atoms with Gasteiger partial charge in [-0.25, -0.2) is 4.79 Å². The quantitative estimate of drug-likeness (QED) is 0.710. The lowest BCUT2D eigenvalue weighted by Crippen LogP contribution is -2.39. The van der Waals surface area contributed by atoms with Gasteiger partial charge < -0.3 is 19.9 Å². The van der Waals surface area contributed by atoms with E-state index < -0.39 is 11.7 Å². The molecule has 1 saturated heterocycles. The number of ether oxygens (including phenoxy) is 1. The van der Waals surface area contributed by atoms with Crippen LogP contribution >= 0.6 is 0 Å². The highest BCUT2D eigenvalue weighted by atomic mass is 16.6. The Morgan fingerprint density at radius 2 is 1.62 bits per heavy atom. The molecule has 1 aliphatic carbocycles. The number of hydrogen-bond donors (Lipinski definition) is 1. The first-order valence-corrected chi connectivity index (χ1v) is 11.0. The minimum atomic E-state index is -0.555. The first kappa shape index (κ1) is 23.2. The van der Waals surface area contributed by atoms with Gasteiger partial charge in [0.15, 0.2) is 0 Å². The third kappa shape index (κ3) is 8.88. The molecule has 0 aromatic rings. The van der Waals surface area contributed by atoms with Crippen LogP contribution in [-0.4, -0.2) is 66.0 Å². The topological polar surface area (TPSA) is 79.0 Å². The molecule has 0 spiro atoms. The van der Waals surface area contributed by atoms with E-state index in [4.69, 9.17) is 4.74 Å². The molecule has 29 heavy (non-hydrogen) atoms. The molecule has 7 heteroatoms. The molecule has 1 saturated carbocycles. The van der Waals surface area contributed by atoms with E-state index in [1.54, 1.807) is 31.7 Å². The van der Waals surface area contributed by atoms with Crippen LogP contribution in [0.2, 0.25) is 0 Å². The predicted molar refractivity (Wildman–Crippen MR) is 112 cm³/mol. The molecule has 0 bridgehead atoms. The minimum absolute atomic E-state index is 0.00638. The molecule has 3 amide bonds. The van der Waals surface area contributed by atoms with Gasteiger partial charge in [-0.15, -0.1) is 0 Å². The molecule has 0 atom stereocenters. The normalized spacial score (nSPS) is 19.1. The monoisotopic (exact) mass is 407 g/mol. The van der Waals surface area contributed by atoms with Crippen molar-refractivity contribution in [3.63, 3.8) is 0 Å². The van der Waals surface area contributed by atoms with Gasteiger partial charge >= 0.3 is 6.09 Å². The highest BCUT2D eigenvalue weighted by molar-refractivity contribution is 5.87. The number of hydrogen-bond acceptors (Lipinski definition) is 4. The summed E-state index contributed by atoms with van der Waals surface area (Å²) in [5.74, 6) is 0.583. The third-order valence-corrected chi connectivity index (χ3v) is 5.33. The molecule has 0 aromatic carbocycles. The summed E-state index contributed by atoms with van der Waals surface area (Å²) >= 11 is 0. The average Bonchev–Trinajstić information content (AvgIpc) is 2.92. The van der Waals surface area contributed by atoms with Gasteiger partial charge in [0.05, 0.1) is 0 Å². The van der Waals surface area contributed by atoms with Crippen LogP contribution in [0.1, 0.15) is 65.7 Å². The van der Waals surface area contributed by atoms with Crippen molar-refractivity contribution in [1.82, 2.24) is 15.1 Å². The van der Waals surface area contributed by atoms with Crippen LogP contribution in [-0.2, 0) is 14.3 Å². The van der Waals surface area contributed by atoms with E-state index in [2.05, 4.69) is 11.4 Å². The lowest BCUT2D eigenvalue weighted by molar-refractivity contribution is -0.131. The lowest BCUT2D eigenvalue weighted by atomic mass is 9.89. The number of nitrogens with one attached hydrogen (secondary N) is 1. The number of alkyl carbamates (subject to hydrolysis) is 1. The zero-order valence-corrected chi connectivity index (χ0v) is 18.2. The Balaban J connectivity index is 1.71. The van der Waals surface area contributed by atoms with Gasteiger partial charge in [-0.05, 0) is 52.0 Å². The Morgan fingerprint density at radius 3 is 2.31 bits per heavy atom. The Hall–Kier alpha value is -2.05. The number of carbonyl (C=O) groups is 3. The van der Waals surface area contributed by atoms with Crippen molar-refractivity contribution in [2.75, 3.05) is 32.7 Å². The number of rotatable bonds is 5. The predicted octanol–water partition coefficient (Wildman–Crippen LogP) is 3.10. The van der Waals surface area contributed by atoms with E-state index in [1.165, 1.54) is 32.1 Å². The van der Waals surface area contributed by atoms with Crippen molar-refractivity contribution in [3.8, 4) is 0 Å². The summed E-state index contributed by atoms with van der Waals surface area (Å²) in [4.78, 5) is 40.2. The molecule has 2 rings (SSSR count). The van der Waals surface area contributed by atoms with Crippen molar-refractivity contribution in [2.45, 2.75) is 71.3 Å². The Kier molecular flexibility index (Phi) is 8.99. The van der Waals surface area contributed by atoms with Crippen molar-refractivity contribution >= 4 is 17.9 Å². The van der Waals surface area contributed by atoms with E-state index in [0.29, 0.717) is 32.1 Å². The Labute approximate surface area is 174 Å². The van der Waals surface area contributed by atoms with Crippen molar-refractivity contribution < 1.29 is 19.1 Å². The molecule has 1 N–H and O–H groups in total. The summed E-state index contributed by atoms with van der Waals surface area (Å²) < 4.78 is 5.17. The maximum absolute atomic E-state index is 12.5. The van der Waals surface area contributed by atoms with Crippen LogP contribution in [0.5, 0.6) is 0 Å². The summed E-state index contributed by atoms with van der Waals surface area (Å²) in [6, 6.07) is 0. The number of allylic oxidation sites excluding steroid dienone is 1. The summed E-state index contributed by atoms with van der Waals surface area (Å²) in [6.45, 7) is 8.05. The lowest BCUT2D eigenvalue weighted by Gasteiger charge is -2.22. The SMILES string of the molecule is CC(C)(C)OC(=O)NCCC(=O)N1CCCN(C(=O)/C=C/C2CCCCC2)CC1. The van der Waals surface area contributed by atoms with Crippen LogP contribution in [0.4, 0.5) is 4.79 Å². The Morgan fingerprint density at radius 1 is 0.966 bits per heavy atom. The fourth-order valence-electron chi connectivity index (χ4n) is 3.78. The van der Waals surface area contributed by atoms with E-state index in [0.717, 1.165) is 6.42 Å². The molecular formula is C22H37N3O4. The van der Waals surface area contributed by atoms with Gasteiger partial charge in [0, 0.05) is 39.1 Å². The third-order valence-electron chi connectivity index (χ3n) is 5.33. The fourth-order valence-corrected chi connectivity index (χ4v) is 3.78. The maximum Gasteiger partial charge on any atom is 0.407 e. The van der Waals surface area contributed by atoms with Gasteiger partial charge in [0.1, 0.15) is 5.60 Å². The van der Waals surface area contributed by atoms with Gasteiger partial charge in [0.2, 0.25) is 11.8 Å². The number of nitrogens with zero attached hydrogens (tertiary/aromatic N) is 2. The van der Waals surface area contributed by atoms with Crippen LogP contribution in [0.25, 0.3) is 0 Å². The molecule has 1 aliphatic heterocycles. The molecule has 1 heterocycles. The highest BCUT2D eigenvalue weighted by Crippen LogP contribution is 2.24. The van der Waals surface area contributed by atoms with E-state index in [-0.39, 0.29) is 24.8 Å². The Bertz CT molecular complexity index is 591. The standard InChI is InChI=1S/C22H37N3O4/c1-22(2,3)29-21(28)23-13-12-20(27)25-15-7-14-24(16-17-25)19(26)11-10-18-8-5-4-6-9-18/h10-11,18H,4-9,12-17H2,1-3H3,(H,23,28)/b11-10+. The van der Waals surface area contributed by atoms with Crippen LogP contribution in [0.15, 0.2) is 12.2 Å².